The molecule has 13 unspecified atom stereocenters. The number of halogens is 1. The molecular formula is C42H47FN2O18. The molecule has 0 spiro atoms. The number of ketones is 2. The first-order valence-electron chi connectivity index (χ1n) is 19.7. The Balaban J connectivity index is 1.36. The smallest absolute Gasteiger partial charge is 0.328 e. The number of alkyl halides is 1. The number of phenolic OH excluding ortho intramolecular Hbond substituents is 3. The number of phenols is 3. The lowest BCUT2D eigenvalue weighted by Gasteiger charge is -2.47. The van der Waals surface area contributed by atoms with Crippen molar-refractivity contribution in [3.8, 4) is 34.1 Å². The fourth-order valence-corrected chi connectivity index (χ4v) is 8.73. The van der Waals surface area contributed by atoms with E-state index in [-0.39, 0.29) is 33.6 Å². The molecule has 63 heavy (non-hydrogen) atoms. The molecule has 0 saturated carbocycles. The van der Waals surface area contributed by atoms with E-state index in [4.69, 9.17) is 28.4 Å². The van der Waals surface area contributed by atoms with Crippen molar-refractivity contribution in [1.29, 1.82) is 0 Å². The molecule has 2 heterocycles. The summed E-state index contributed by atoms with van der Waals surface area (Å²) in [6.07, 6.45) is -19.3. The van der Waals surface area contributed by atoms with Crippen LogP contribution in [-0.2, 0) is 28.5 Å². The maximum atomic E-state index is 15.4. The highest BCUT2D eigenvalue weighted by Crippen LogP contribution is 2.57. The number of likely N-dealkylation sites (N-methyl/N-ethyl adjacent to an activating group) is 1. The Morgan fingerprint density at radius 1 is 0.841 bits per heavy atom. The van der Waals surface area contributed by atoms with Crippen LogP contribution < -0.4 is 15.4 Å². The third-order valence-corrected chi connectivity index (χ3v) is 12.0. The normalized spacial score (nSPS) is 30.3. The van der Waals surface area contributed by atoms with Crippen molar-refractivity contribution in [1.82, 2.24) is 10.6 Å². The predicted octanol–water partition coefficient (Wildman–Crippen LogP) is -0.185. The van der Waals surface area contributed by atoms with Gasteiger partial charge in [-0.1, -0.05) is 6.07 Å². The van der Waals surface area contributed by atoms with E-state index in [9.17, 15) is 60.0 Å². The van der Waals surface area contributed by atoms with Crippen molar-refractivity contribution < 1.29 is 92.8 Å². The Labute approximate surface area is 357 Å². The minimum absolute atomic E-state index is 0.00986. The zero-order valence-corrected chi connectivity index (χ0v) is 34.6. The number of fused-ring (bicyclic) bond motifs is 5. The van der Waals surface area contributed by atoms with Gasteiger partial charge in [-0.25, -0.2) is 9.18 Å². The molecule has 340 valence electrons. The number of nitrogens with one attached hydrogen (secondary N) is 2. The molecule has 0 radical (unpaired) electrons. The summed E-state index contributed by atoms with van der Waals surface area (Å²) >= 11 is 0. The van der Waals surface area contributed by atoms with Gasteiger partial charge in [0, 0.05) is 28.3 Å². The number of carbonyl (C=O) groups is 4. The van der Waals surface area contributed by atoms with Crippen LogP contribution in [0.3, 0.4) is 0 Å². The summed E-state index contributed by atoms with van der Waals surface area (Å²) in [7, 11) is 3.85. The summed E-state index contributed by atoms with van der Waals surface area (Å²) in [5.74, 6) is -6.03. The Kier molecular flexibility index (Phi) is 12.6. The van der Waals surface area contributed by atoms with Crippen LogP contribution in [0.25, 0.3) is 11.1 Å². The zero-order valence-electron chi connectivity index (χ0n) is 34.6. The van der Waals surface area contributed by atoms with Gasteiger partial charge in [0.25, 0.3) is 5.91 Å². The number of benzene rings is 3. The first-order valence-corrected chi connectivity index (χ1v) is 19.7. The molecular weight excluding hydrogens is 839 g/mol. The summed E-state index contributed by atoms with van der Waals surface area (Å²) in [5.41, 5.74) is -3.40. The highest BCUT2D eigenvalue weighted by molar-refractivity contribution is 6.31. The lowest BCUT2D eigenvalue weighted by molar-refractivity contribution is -0.345. The molecule has 0 aromatic heterocycles. The van der Waals surface area contributed by atoms with Crippen LogP contribution in [0.15, 0.2) is 24.3 Å². The van der Waals surface area contributed by atoms with Crippen molar-refractivity contribution in [2.45, 2.75) is 100 Å². The highest BCUT2D eigenvalue weighted by atomic mass is 19.1. The molecule has 2 aliphatic heterocycles. The quantitative estimate of drug-likeness (QED) is 0.0924. The third kappa shape index (κ3) is 7.46. The maximum absolute atomic E-state index is 15.4. The van der Waals surface area contributed by atoms with Gasteiger partial charge < -0.3 is 79.9 Å². The van der Waals surface area contributed by atoms with Gasteiger partial charge in [-0.2, -0.15) is 0 Å². The number of amides is 1. The molecule has 7 rings (SSSR count). The summed E-state index contributed by atoms with van der Waals surface area (Å²) in [6.45, 7) is 3.45. The second kappa shape index (κ2) is 17.3. The number of aliphatic hydroxyl groups excluding tert-OH is 5. The molecule has 2 aliphatic carbocycles. The van der Waals surface area contributed by atoms with Crippen LogP contribution in [0, 0.1) is 6.92 Å². The van der Waals surface area contributed by atoms with Crippen LogP contribution in [0.2, 0.25) is 0 Å². The fraction of sp³-hybridized carbons (Fsp3) is 0.476. The SMILES string of the molecule is CNC1C(C)OC(OC2c3cc(C)c(C(=O)NC(C)C(=O)OC)c(O)c3-c3c(cc4c(c3O)C(=O)c3cc(OC)cc(O)c3C4=O)C2O)C(O)C1OC1OC(CO)C(O)C(O)C1F. The van der Waals surface area contributed by atoms with Crippen LogP contribution in [0.1, 0.15) is 84.9 Å². The highest BCUT2D eigenvalue weighted by Gasteiger charge is 2.53. The largest absolute Gasteiger partial charge is 0.507 e. The number of hydrogen-bond donors (Lipinski definition) is 10. The van der Waals surface area contributed by atoms with E-state index in [0.717, 1.165) is 19.2 Å². The molecule has 4 aliphatic rings. The topological polar surface area (TPSA) is 310 Å². The first-order chi connectivity index (χ1) is 29.8. The molecule has 2 saturated heterocycles. The molecule has 0 bridgehead atoms. The molecule has 2 fully saturated rings. The van der Waals surface area contributed by atoms with E-state index in [2.05, 4.69) is 10.6 Å². The van der Waals surface area contributed by atoms with Gasteiger partial charge in [0.1, 0.15) is 71.8 Å². The summed E-state index contributed by atoms with van der Waals surface area (Å²) in [4.78, 5) is 54.2. The molecule has 13 atom stereocenters. The number of ether oxygens (including phenoxy) is 6. The Hall–Kier alpha value is -5.33. The number of carbonyl (C=O) groups excluding carboxylic acids is 4. The molecule has 3 aromatic rings. The van der Waals surface area contributed by atoms with E-state index < -0.39 is 155 Å². The average Bonchev–Trinajstić information content (AvgIpc) is 3.24. The molecule has 3 aromatic carbocycles. The lowest BCUT2D eigenvalue weighted by Crippen LogP contribution is -2.65. The minimum atomic E-state index is -2.36. The Morgan fingerprint density at radius 3 is 2.13 bits per heavy atom. The summed E-state index contributed by atoms with van der Waals surface area (Å²) in [5, 5.41) is 94.6. The molecule has 21 heteroatoms. The van der Waals surface area contributed by atoms with E-state index in [1.54, 1.807) is 0 Å². The monoisotopic (exact) mass is 886 g/mol. The van der Waals surface area contributed by atoms with Gasteiger partial charge in [-0.3, -0.25) is 14.4 Å². The number of hydrogen-bond acceptors (Lipinski definition) is 19. The second-order valence-electron chi connectivity index (χ2n) is 15.7. The zero-order chi connectivity index (χ0) is 46.1. The van der Waals surface area contributed by atoms with Crippen LogP contribution in [-0.4, -0.2) is 160 Å². The van der Waals surface area contributed by atoms with Gasteiger partial charge >= 0.3 is 5.97 Å². The average molecular weight is 887 g/mol. The van der Waals surface area contributed by atoms with E-state index >= 15 is 4.39 Å². The molecule has 20 nitrogen and oxygen atoms in total. The van der Waals surface area contributed by atoms with Crippen molar-refractivity contribution in [3.63, 3.8) is 0 Å². The van der Waals surface area contributed by atoms with Crippen molar-refractivity contribution in [2.75, 3.05) is 27.9 Å². The van der Waals surface area contributed by atoms with E-state index in [1.807, 2.05) is 0 Å². The standard InChI is InChI=1S/C42H47FN2O18/c1-12-7-19-25(33(52)22(12)39(56)45-13(2)40(57)59-6)24-17(10-18-26(34(24)53)30(49)16-8-15(58-5)9-20(47)23(16)29(18)48)31(50)37(19)62-42-36(55)38(28(44-4)14(3)60-42)63-41-27(43)35(54)32(51)21(11-46)61-41/h7-10,13-14,21,27-28,31-32,35-38,41-42,44,46-47,50-55H,11H2,1-6H3,(H,45,56). The van der Waals surface area contributed by atoms with Crippen LogP contribution >= 0.6 is 0 Å². The number of aliphatic hydroxyl groups is 5. The summed E-state index contributed by atoms with van der Waals surface area (Å²) in [6, 6.07) is 2.52. The van der Waals surface area contributed by atoms with Crippen molar-refractivity contribution in [2.24, 2.45) is 0 Å². The van der Waals surface area contributed by atoms with Crippen LogP contribution in [0.5, 0.6) is 23.0 Å². The van der Waals surface area contributed by atoms with Gasteiger partial charge in [-0.05, 0) is 56.6 Å². The third-order valence-electron chi connectivity index (χ3n) is 12.0. The number of aryl methyl sites for hydroxylation is 1. The molecule has 10 N–H and O–H groups in total. The fourth-order valence-electron chi connectivity index (χ4n) is 8.73. The minimum Gasteiger partial charge on any atom is -0.507 e. The number of methoxy groups -OCH3 is 2. The maximum Gasteiger partial charge on any atom is 0.328 e. The van der Waals surface area contributed by atoms with Gasteiger partial charge in [0.2, 0.25) is 0 Å². The lowest BCUT2D eigenvalue weighted by atomic mass is 9.74. The number of rotatable bonds is 10. The van der Waals surface area contributed by atoms with E-state index in [1.165, 1.54) is 47.1 Å². The van der Waals surface area contributed by atoms with Gasteiger partial charge in [-0.15, -0.1) is 0 Å². The second-order valence-corrected chi connectivity index (χ2v) is 15.7. The first kappa shape index (κ1) is 45.7. The summed E-state index contributed by atoms with van der Waals surface area (Å²) < 4.78 is 48.9. The Bertz CT molecular complexity index is 2360. The van der Waals surface area contributed by atoms with Crippen molar-refractivity contribution in [3.05, 3.63) is 68.8 Å². The predicted molar refractivity (Wildman–Crippen MR) is 210 cm³/mol. The van der Waals surface area contributed by atoms with Crippen LogP contribution in [0.4, 0.5) is 4.39 Å². The molecule has 1 amide bonds. The van der Waals surface area contributed by atoms with E-state index in [0.29, 0.717) is 0 Å². The van der Waals surface area contributed by atoms with Gasteiger partial charge in [0.05, 0.1) is 49.7 Å². The number of esters is 1. The van der Waals surface area contributed by atoms with Crippen molar-refractivity contribution >= 4 is 23.4 Å². The number of aromatic hydroxyl groups is 3. The Morgan fingerprint density at radius 2 is 1.49 bits per heavy atom. The van der Waals surface area contributed by atoms with Gasteiger partial charge in [0.15, 0.2) is 30.3 Å².